The van der Waals surface area contributed by atoms with Crippen molar-refractivity contribution in [3.8, 4) is 0 Å². The lowest BCUT2D eigenvalue weighted by Gasteiger charge is -2.15. The summed E-state index contributed by atoms with van der Waals surface area (Å²) < 4.78 is 1.50. The second kappa shape index (κ2) is 4.20. The standard InChI is InChI=1S/C11H15N3O3/c1-7-5-14(6-8(7)11(16)17)10(15)9-3-4-12-13(9)2/h3-4,7-8H,5-6H2,1-2H3,(H,16,17)/t7-,8-/m1/s1. The normalized spacial score (nSPS) is 24.0. The van der Waals surface area contributed by atoms with Crippen molar-refractivity contribution in [3.63, 3.8) is 0 Å². The van der Waals surface area contributed by atoms with Gasteiger partial charge < -0.3 is 10.0 Å². The molecule has 1 aromatic rings. The summed E-state index contributed by atoms with van der Waals surface area (Å²) in [6.07, 6.45) is 1.56. The van der Waals surface area contributed by atoms with E-state index in [1.165, 1.54) is 4.68 Å². The number of carboxylic acid groups (broad SMARTS) is 1. The van der Waals surface area contributed by atoms with Crippen molar-refractivity contribution in [2.24, 2.45) is 18.9 Å². The first-order valence-corrected chi connectivity index (χ1v) is 5.50. The highest BCUT2D eigenvalue weighted by atomic mass is 16.4. The molecule has 6 nitrogen and oxygen atoms in total. The van der Waals surface area contributed by atoms with Crippen molar-refractivity contribution in [3.05, 3.63) is 18.0 Å². The van der Waals surface area contributed by atoms with Gasteiger partial charge in [-0.25, -0.2) is 0 Å². The van der Waals surface area contributed by atoms with Gasteiger partial charge in [-0.1, -0.05) is 6.92 Å². The lowest BCUT2D eigenvalue weighted by molar-refractivity contribution is -0.142. The molecule has 0 radical (unpaired) electrons. The molecule has 1 amide bonds. The van der Waals surface area contributed by atoms with Crippen molar-refractivity contribution in [1.82, 2.24) is 14.7 Å². The Bertz CT molecular complexity index is 455. The largest absolute Gasteiger partial charge is 0.481 e. The summed E-state index contributed by atoms with van der Waals surface area (Å²) in [5, 5.41) is 12.9. The van der Waals surface area contributed by atoms with Crippen LogP contribution in [0.4, 0.5) is 0 Å². The van der Waals surface area contributed by atoms with Crippen molar-refractivity contribution >= 4 is 11.9 Å². The monoisotopic (exact) mass is 237 g/mol. The molecule has 1 fully saturated rings. The van der Waals surface area contributed by atoms with Crippen LogP contribution in [0.15, 0.2) is 12.3 Å². The molecule has 0 unspecified atom stereocenters. The number of carboxylic acids is 1. The molecular weight excluding hydrogens is 222 g/mol. The van der Waals surface area contributed by atoms with E-state index >= 15 is 0 Å². The van der Waals surface area contributed by atoms with Gasteiger partial charge >= 0.3 is 5.97 Å². The zero-order chi connectivity index (χ0) is 12.6. The summed E-state index contributed by atoms with van der Waals surface area (Å²) in [5.41, 5.74) is 0.489. The number of likely N-dealkylation sites (tertiary alicyclic amines) is 1. The molecule has 17 heavy (non-hydrogen) atoms. The fourth-order valence-electron chi connectivity index (χ4n) is 2.20. The first-order chi connectivity index (χ1) is 8.00. The Labute approximate surface area is 98.8 Å². The second-order valence-electron chi connectivity index (χ2n) is 4.47. The lowest BCUT2D eigenvalue weighted by atomic mass is 9.99. The summed E-state index contributed by atoms with van der Waals surface area (Å²) in [5.74, 6) is -1.46. The average molecular weight is 237 g/mol. The molecule has 0 aromatic carbocycles. The van der Waals surface area contributed by atoms with Crippen molar-refractivity contribution in [2.45, 2.75) is 6.92 Å². The van der Waals surface area contributed by atoms with Crippen LogP contribution in [0.1, 0.15) is 17.4 Å². The van der Waals surface area contributed by atoms with Crippen LogP contribution in [-0.2, 0) is 11.8 Å². The fourth-order valence-corrected chi connectivity index (χ4v) is 2.20. The van der Waals surface area contributed by atoms with Crippen LogP contribution in [0.5, 0.6) is 0 Å². The molecule has 0 spiro atoms. The van der Waals surface area contributed by atoms with Crippen LogP contribution in [0, 0.1) is 11.8 Å². The molecule has 2 rings (SSSR count). The van der Waals surface area contributed by atoms with E-state index in [2.05, 4.69) is 5.10 Å². The predicted molar refractivity (Wildman–Crippen MR) is 59.4 cm³/mol. The molecule has 1 aliphatic rings. The molecule has 1 N–H and O–H groups in total. The Morgan fingerprint density at radius 1 is 1.47 bits per heavy atom. The van der Waals surface area contributed by atoms with E-state index in [0.29, 0.717) is 12.2 Å². The summed E-state index contributed by atoms with van der Waals surface area (Å²) in [6.45, 7) is 2.62. The van der Waals surface area contributed by atoms with Crippen molar-refractivity contribution in [1.29, 1.82) is 0 Å². The molecule has 0 saturated carbocycles. The number of hydrogen-bond acceptors (Lipinski definition) is 3. The van der Waals surface area contributed by atoms with Crippen LogP contribution >= 0.6 is 0 Å². The van der Waals surface area contributed by atoms with E-state index in [1.807, 2.05) is 6.92 Å². The summed E-state index contributed by atoms with van der Waals surface area (Å²) >= 11 is 0. The number of nitrogens with zero attached hydrogens (tertiary/aromatic N) is 3. The van der Waals surface area contributed by atoms with Crippen molar-refractivity contribution in [2.75, 3.05) is 13.1 Å². The number of carbonyl (C=O) groups excluding carboxylic acids is 1. The molecule has 2 atom stereocenters. The molecule has 1 saturated heterocycles. The maximum absolute atomic E-state index is 12.1. The van der Waals surface area contributed by atoms with Gasteiger partial charge in [0.2, 0.25) is 0 Å². The summed E-state index contributed by atoms with van der Waals surface area (Å²) in [4.78, 5) is 24.7. The fraction of sp³-hybridized carbons (Fsp3) is 0.545. The van der Waals surface area contributed by atoms with E-state index in [-0.39, 0.29) is 18.4 Å². The number of aryl methyl sites for hydroxylation is 1. The second-order valence-corrected chi connectivity index (χ2v) is 4.47. The van der Waals surface area contributed by atoms with Gasteiger partial charge in [-0.3, -0.25) is 14.3 Å². The number of hydrogen-bond donors (Lipinski definition) is 1. The highest BCUT2D eigenvalue weighted by Crippen LogP contribution is 2.24. The van der Waals surface area contributed by atoms with Gasteiger partial charge in [-0.05, 0) is 12.0 Å². The van der Waals surface area contributed by atoms with Gasteiger partial charge in [0.25, 0.3) is 5.91 Å². The van der Waals surface area contributed by atoms with Crippen LogP contribution in [0.2, 0.25) is 0 Å². The average Bonchev–Trinajstić information content (AvgIpc) is 2.83. The molecule has 6 heteroatoms. The molecule has 0 aliphatic carbocycles. The Morgan fingerprint density at radius 3 is 2.65 bits per heavy atom. The minimum Gasteiger partial charge on any atom is -0.481 e. The Morgan fingerprint density at radius 2 is 2.18 bits per heavy atom. The topological polar surface area (TPSA) is 75.4 Å². The zero-order valence-corrected chi connectivity index (χ0v) is 9.83. The van der Waals surface area contributed by atoms with E-state index in [9.17, 15) is 9.59 Å². The Balaban J connectivity index is 2.13. The first-order valence-electron chi connectivity index (χ1n) is 5.50. The molecular formula is C11H15N3O3. The third-order valence-corrected chi connectivity index (χ3v) is 3.26. The maximum Gasteiger partial charge on any atom is 0.308 e. The minimum atomic E-state index is -0.835. The van der Waals surface area contributed by atoms with Crippen molar-refractivity contribution < 1.29 is 14.7 Å². The number of carbonyl (C=O) groups is 2. The van der Waals surface area contributed by atoms with E-state index in [0.717, 1.165) is 0 Å². The number of aliphatic carboxylic acids is 1. The third kappa shape index (κ3) is 2.02. The maximum atomic E-state index is 12.1. The van der Waals surface area contributed by atoms with Gasteiger partial charge in [0.05, 0.1) is 5.92 Å². The van der Waals surface area contributed by atoms with E-state index in [4.69, 9.17) is 5.11 Å². The Hall–Kier alpha value is -1.85. The lowest BCUT2D eigenvalue weighted by Crippen LogP contribution is -2.31. The third-order valence-electron chi connectivity index (χ3n) is 3.26. The molecule has 1 aromatic heterocycles. The molecule has 2 heterocycles. The molecule has 0 bridgehead atoms. The summed E-state index contributed by atoms with van der Waals surface area (Å²) in [7, 11) is 1.70. The van der Waals surface area contributed by atoms with E-state index in [1.54, 1.807) is 24.2 Å². The molecule has 1 aliphatic heterocycles. The zero-order valence-electron chi connectivity index (χ0n) is 9.83. The number of amides is 1. The van der Waals surface area contributed by atoms with Crippen LogP contribution in [-0.4, -0.2) is 44.8 Å². The number of rotatable bonds is 2. The van der Waals surface area contributed by atoms with Crippen LogP contribution < -0.4 is 0 Å². The molecule has 92 valence electrons. The van der Waals surface area contributed by atoms with Gasteiger partial charge in [0, 0.05) is 26.3 Å². The first kappa shape index (κ1) is 11.6. The predicted octanol–water partition coefficient (Wildman–Crippen LogP) is 0.213. The van der Waals surface area contributed by atoms with Gasteiger partial charge in [-0.2, -0.15) is 5.10 Å². The van der Waals surface area contributed by atoms with Crippen LogP contribution in [0.3, 0.4) is 0 Å². The summed E-state index contributed by atoms with van der Waals surface area (Å²) in [6, 6.07) is 1.64. The minimum absolute atomic E-state index is 0.00956. The highest BCUT2D eigenvalue weighted by Gasteiger charge is 2.37. The number of aromatic nitrogens is 2. The smallest absolute Gasteiger partial charge is 0.308 e. The van der Waals surface area contributed by atoms with Gasteiger partial charge in [0.15, 0.2) is 0 Å². The quantitative estimate of drug-likeness (QED) is 0.798. The van der Waals surface area contributed by atoms with Crippen LogP contribution in [0.25, 0.3) is 0 Å². The van der Waals surface area contributed by atoms with E-state index < -0.39 is 11.9 Å². The highest BCUT2D eigenvalue weighted by molar-refractivity contribution is 5.93. The Kier molecular flexibility index (Phi) is 2.87. The SMILES string of the molecule is C[C@@H]1CN(C(=O)c2ccnn2C)C[C@H]1C(=O)O. The van der Waals surface area contributed by atoms with Gasteiger partial charge in [-0.15, -0.1) is 0 Å². The van der Waals surface area contributed by atoms with Gasteiger partial charge in [0.1, 0.15) is 5.69 Å².